The minimum Gasteiger partial charge on any atom is -0.396 e. The molecule has 2 unspecified atom stereocenters. The van der Waals surface area contributed by atoms with Gasteiger partial charge in [0.05, 0.1) is 10.4 Å². The molecule has 0 bridgehead atoms. The Labute approximate surface area is 149 Å². The first-order chi connectivity index (χ1) is 11.4. The largest absolute Gasteiger partial charge is 0.396 e. The van der Waals surface area contributed by atoms with Crippen LogP contribution in [-0.4, -0.2) is 55.3 Å². The van der Waals surface area contributed by atoms with E-state index in [-0.39, 0.29) is 12.0 Å². The predicted molar refractivity (Wildman–Crippen MR) is 97.7 cm³/mol. The predicted octanol–water partition coefficient (Wildman–Crippen LogP) is 2.63. The third-order valence-electron chi connectivity index (χ3n) is 4.71. The quantitative estimate of drug-likeness (QED) is 0.710. The zero-order chi connectivity index (χ0) is 17.8. The molecule has 2 atom stereocenters. The van der Waals surface area contributed by atoms with Gasteiger partial charge >= 0.3 is 0 Å². The van der Waals surface area contributed by atoms with Crippen molar-refractivity contribution >= 4 is 21.8 Å². The number of thioether (sulfide) groups is 1. The van der Waals surface area contributed by atoms with Crippen LogP contribution in [0.2, 0.25) is 0 Å². The zero-order valence-corrected chi connectivity index (χ0v) is 16.2. The average molecular weight is 374 g/mol. The van der Waals surface area contributed by atoms with Crippen molar-refractivity contribution in [2.24, 2.45) is 0 Å². The van der Waals surface area contributed by atoms with Crippen LogP contribution in [0.1, 0.15) is 31.2 Å². The molecule has 1 heterocycles. The van der Waals surface area contributed by atoms with Crippen LogP contribution < -0.4 is 0 Å². The second-order valence-electron chi connectivity index (χ2n) is 6.23. The molecular formula is C17H27NO4S2. The molecule has 136 valence electrons. The number of rotatable bonds is 8. The second-order valence-corrected chi connectivity index (χ2v) is 8.99. The number of ether oxygens (including phenoxy) is 1. The summed E-state index contributed by atoms with van der Waals surface area (Å²) in [5, 5.41) is 9.29. The number of aliphatic hydroxyl groups is 1. The monoisotopic (exact) mass is 373 g/mol. The molecule has 2 rings (SSSR count). The van der Waals surface area contributed by atoms with Gasteiger partial charge < -0.3 is 9.84 Å². The maximum absolute atomic E-state index is 13.3. The van der Waals surface area contributed by atoms with E-state index < -0.39 is 15.6 Å². The van der Waals surface area contributed by atoms with Gasteiger partial charge in [0.2, 0.25) is 10.0 Å². The Kier molecular flexibility index (Phi) is 6.73. The molecule has 1 aromatic rings. The van der Waals surface area contributed by atoms with E-state index in [9.17, 15) is 13.5 Å². The first-order valence-electron chi connectivity index (χ1n) is 8.18. The van der Waals surface area contributed by atoms with Gasteiger partial charge in [0, 0.05) is 20.3 Å². The lowest BCUT2D eigenvalue weighted by molar-refractivity contribution is 0.0442. The molecule has 7 heteroatoms. The summed E-state index contributed by atoms with van der Waals surface area (Å²) in [6, 6.07) is 6.98. The van der Waals surface area contributed by atoms with Crippen LogP contribution in [0.25, 0.3) is 0 Å². The maximum atomic E-state index is 13.3. The van der Waals surface area contributed by atoms with Crippen molar-refractivity contribution in [2.75, 3.05) is 26.5 Å². The van der Waals surface area contributed by atoms with Crippen LogP contribution in [0.15, 0.2) is 29.2 Å². The topological polar surface area (TPSA) is 66.8 Å². The summed E-state index contributed by atoms with van der Waals surface area (Å²) in [5.41, 5.74) is 0.160. The fraction of sp³-hybridized carbons (Fsp3) is 0.647. The summed E-state index contributed by atoms with van der Waals surface area (Å²) in [4.78, 5) is 0.319. The number of benzene rings is 1. The normalized spacial score (nSPS) is 23.5. The molecule has 5 nitrogen and oxygen atoms in total. The highest BCUT2D eigenvalue weighted by molar-refractivity contribution is 7.99. The smallest absolute Gasteiger partial charge is 0.243 e. The molecule has 1 saturated heterocycles. The van der Waals surface area contributed by atoms with E-state index in [4.69, 9.17) is 4.74 Å². The van der Waals surface area contributed by atoms with Crippen molar-refractivity contribution in [2.45, 2.75) is 48.5 Å². The van der Waals surface area contributed by atoms with E-state index in [1.807, 2.05) is 25.3 Å². The van der Waals surface area contributed by atoms with E-state index in [2.05, 4.69) is 0 Å². The zero-order valence-electron chi connectivity index (χ0n) is 14.6. The summed E-state index contributed by atoms with van der Waals surface area (Å²) in [7, 11) is -1.98. The molecule has 0 amide bonds. The first kappa shape index (κ1) is 19.7. The molecule has 1 N–H and O–H groups in total. The third-order valence-corrected chi connectivity index (χ3v) is 7.76. The van der Waals surface area contributed by atoms with Crippen LogP contribution in [0, 0.1) is 6.92 Å². The van der Waals surface area contributed by atoms with Gasteiger partial charge in [0.25, 0.3) is 0 Å². The van der Waals surface area contributed by atoms with E-state index >= 15 is 0 Å². The molecule has 0 aliphatic carbocycles. The third kappa shape index (κ3) is 3.65. The summed E-state index contributed by atoms with van der Waals surface area (Å²) >= 11 is 1.52. The van der Waals surface area contributed by atoms with E-state index in [1.165, 1.54) is 11.8 Å². The molecule has 1 aromatic carbocycles. The number of hydrogen-bond acceptors (Lipinski definition) is 5. The van der Waals surface area contributed by atoms with Crippen molar-refractivity contribution in [3.05, 3.63) is 29.8 Å². The van der Waals surface area contributed by atoms with Crippen LogP contribution in [0.3, 0.4) is 0 Å². The van der Waals surface area contributed by atoms with Crippen molar-refractivity contribution in [3.63, 3.8) is 0 Å². The number of hydrogen-bond donors (Lipinski definition) is 1. The molecule has 0 radical (unpaired) electrons. The lowest BCUT2D eigenvalue weighted by atomic mass is 9.92. The van der Waals surface area contributed by atoms with Gasteiger partial charge in [-0.15, -0.1) is 11.8 Å². The second kappa shape index (κ2) is 8.19. The lowest BCUT2D eigenvalue weighted by Gasteiger charge is -2.42. The lowest BCUT2D eigenvalue weighted by Crippen LogP contribution is -2.54. The van der Waals surface area contributed by atoms with Gasteiger partial charge in [-0.25, -0.2) is 8.42 Å². The molecule has 1 aliphatic rings. The van der Waals surface area contributed by atoms with Crippen molar-refractivity contribution in [1.29, 1.82) is 0 Å². The highest BCUT2D eigenvalue weighted by Gasteiger charge is 2.52. The summed E-state index contributed by atoms with van der Waals surface area (Å²) in [6.45, 7) is 2.47. The van der Waals surface area contributed by atoms with E-state index in [0.29, 0.717) is 24.3 Å². The standard InChI is InChI=1S/C17H27NO4S2/c1-14-6-8-15(9-7-14)24(20,21)18-12-4-10-17(18,11-5-13-19)16(22-2)23-3/h6-9,16,19H,4-5,10-13H2,1-3H3. The molecule has 24 heavy (non-hydrogen) atoms. The van der Waals surface area contributed by atoms with Gasteiger partial charge in [-0.2, -0.15) is 4.31 Å². The maximum Gasteiger partial charge on any atom is 0.243 e. The van der Waals surface area contributed by atoms with Crippen molar-refractivity contribution < 1.29 is 18.3 Å². The average Bonchev–Trinajstić information content (AvgIpc) is 3.00. The van der Waals surface area contributed by atoms with Gasteiger partial charge in [-0.05, 0) is 51.0 Å². The first-order valence-corrected chi connectivity index (χ1v) is 10.9. The summed E-state index contributed by atoms with van der Waals surface area (Å²) in [5.74, 6) is 0. The van der Waals surface area contributed by atoms with Crippen molar-refractivity contribution in [3.8, 4) is 0 Å². The number of sulfonamides is 1. The SMILES string of the molecule is COC(SC)C1(CCCO)CCCN1S(=O)(=O)c1ccc(C)cc1. The van der Waals surface area contributed by atoms with Crippen LogP contribution >= 0.6 is 11.8 Å². The van der Waals surface area contributed by atoms with Crippen LogP contribution in [-0.2, 0) is 14.8 Å². The van der Waals surface area contributed by atoms with Gasteiger partial charge in [0.1, 0.15) is 5.44 Å². The number of nitrogens with zero attached hydrogens (tertiary/aromatic N) is 1. The minimum atomic E-state index is -3.60. The molecule has 0 spiro atoms. The Bertz CT molecular complexity index is 628. The molecule has 1 fully saturated rings. The molecular weight excluding hydrogens is 346 g/mol. The minimum absolute atomic E-state index is 0.0466. The number of aryl methyl sites for hydroxylation is 1. The van der Waals surface area contributed by atoms with Gasteiger partial charge in [-0.3, -0.25) is 0 Å². The van der Waals surface area contributed by atoms with E-state index in [0.717, 1.165) is 18.4 Å². The Morgan fingerprint density at radius 2 is 2.04 bits per heavy atom. The highest BCUT2D eigenvalue weighted by atomic mass is 32.2. The Hall–Kier alpha value is -0.600. The Morgan fingerprint density at radius 3 is 2.58 bits per heavy atom. The fourth-order valence-corrected chi connectivity index (χ4v) is 6.52. The number of methoxy groups -OCH3 is 1. The summed E-state index contributed by atoms with van der Waals surface area (Å²) in [6.07, 6.45) is 4.63. The number of aliphatic hydroxyl groups excluding tert-OH is 1. The van der Waals surface area contributed by atoms with Gasteiger partial charge in [-0.1, -0.05) is 17.7 Å². The molecule has 0 aromatic heterocycles. The van der Waals surface area contributed by atoms with E-state index in [1.54, 1.807) is 23.5 Å². The summed E-state index contributed by atoms with van der Waals surface area (Å²) < 4.78 is 33.8. The van der Waals surface area contributed by atoms with Crippen molar-refractivity contribution in [1.82, 2.24) is 4.31 Å². The Morgan fingerprint density at radius 1 is 1.38 bits per heavy atom. The van der Waals surface area contributed by atoms with Crippen LogP contribution in [0.5, 0.6) is 0 Å². The molecule has 1 aliphatic heterocycles. The van der Waals surface area contributed by atoms with Crippen LogP contribution in [0.4, 0.5) is 0 Å². The highest BCUT2D eigenvalue weighted by Crippen LogP contribution is 2.44. The fourth-order valence-electron chi connectivity index (χ4n) is 3.60. The Balaban J connectivity index is 2.46. The van der Waals surface area contributed by atoms with Gasteiger partial charge in [0.15, 0.2) is 0 Å². The molecule has 0 saturated carbocycles.